The van der Waals surface area contributed by atoms with Crippen LogP contribution in [0.25, 0.3) is 0 Å². The van der Waals surface area contributed by atoms with Crippen molar-refractivity contribution >= 4 is 17.7 Å². The summed E-state index contributed by atoms with van der Waals surface area (Å²) in [6.45, 7) is 0. The molecule has 2 aromatic rings. The maximum Gasteiger partial charge on any atom is 0.354 e. The molecule has 7 nitrogen and oxygen atoms in total. The van der Waals surface area contributed by atoms with E-state index in [1.54, 1.807) is 11.7 Å². The van der Waals surface area contributed by atoms with Crippen LogP contribution in [0.15, 0.2) is 28.9 Å². The summed E-state index contributed by atoms with van der Waals surface area (Å²) < 4.78 is 1.56. The summed E-state index contributed by atoms with van der Waals surface area (Å²) in [5.41, 5.74) is -0.0420. The van der Waals surface area contributed by atoms with Gasteiger partial charge in [-0.25, -0.2) is 24.4 Å². The van der Waals surface area contributed by atoms with Gasteiger partial charge in [0.2, 0.25) is 0 Å². The molecule has 0 saturated carbocycles. The third-order valence-electron chi connectivity index (χ3n) is 1.71. The van der Waals surface area contributed by atoms with Crippen molar-refractivity contribution in [3.63, 3.8) is 0 Å². The maximum atomic E-state index is 10.7. The SMILES string of the molecule is Cn1ncnc1Sc1nccc(C(=O)O)n1. The van der Waals surface area contributed by atoms with Gasteiger partial charge in [-0.2, -0.15) is 5.10 Å². The summed E-state index contributed by atoms with van der Waals surface area (Å²) in [5.74, 6) is -1.08. The van der Waals surface area contributed by atoms with Gasteiger partial charge in [-0.15, -0.1) is 0 Å². The standard InChI is InChI=1S/C8H7N5O2S/c1-13-8(10-4-11-13)16-7-9-3-2-5(12-7)6(14)15/h2-4H,1H3,(H,14,15). The summed E-state index contributed by atoms with van der Waals surface area (Å²) in [7, 11) is 1.73. The molecule has 0 unspecified atom stereocenters. The monoisotopic (exact) mass is 237 g/mol. The van der Waals surface area contributed by atoms with Crippen LogP contribution in [0.4, 0.5) is 0 Å². The Morgan fingerprint density at radius 1 is 1.50 bits per heavy atom. The van der Waals surface area contributed by atoms with Crippen molar-refractivity contribution in [2.24, 2.45) is 7.05 Å². The Labute approximate surface area is 94.6 Å². The van der Waals surface area contributed by atoms with Crippen LogP contribution in [0.2, 0.25) is 0 Å². The molecule has 2 aromatic heterocycles. The molecule has 0 aliphatic rings. The zero-order valence-corrected chi connectivity index (χ0v) is 9.05. The Morgan fingerprint density at radius 2 is 2.31 bits per heavy atom. The number of aromatic nitrogens is 5. The molecule has 0 atom stereocenters. The number of carboxylic acid groups (broad SMARTS) is 1. The van der Waals surface area contributed by atoms with Crippen molar-refractivity contribution in [2.45, 2.75) is 10.3 Å². The summed E-state index contributed by atoms with van der Waals surface area (Å²) in [5, 5.41) is 13.6. The molecule has 8 heteroatoms. The van der Waals surface area contributed by atoms with Gasteiger partial charge in [-0.1, -0.05) is 0 Å². The molecule has 82 valence electrons. The van der Waals surface area contributed by atoms with E-state index in [9.17, 15) is 4.79 Å². The van der Waals surface area contributed by atoms with Crippen molar-refractivity contribution in [2.75, 3.05) is 0 Å². The summed E-state index contributed by atoms with van der Waals surface area (Å²) >= 11 is 1.16. The van der Waals surface area contributed by atoms with Gasteiger partial charge in [-0.05, 0) is 17.8 Å². The van der Waals surface area contributed by atoms with Gasteiger partial charge in [0.1, 0.15) is 6.33 Å². The lowest BCUT2D eigenvalue weighted by molar-refractivity contribution is 0.0689. The van der Waals surface area contributed by atoms with Crippen LogP contribution >= 0.6 is 11.8 Å². The van der Waals surface area contributed by atoms with Crippen molar-refractivity contribution in [1.29, 1.82) is 0 Å². The van der Waals surface area contributed by atoms with Crippen LogP contribution in [0.1, 0.15) is 10.5 Å². The topological polar surface area (TPSA) is 93.8 Å². The van der Waals surface area contributed by atoms with Gasteiger partial charge in [0.05, 0.1) is 0 Å². The van der Waals surface area contributed by atoms with E-state index in [2.05, 4.69) is 20.1 Å². The lowest BCUT2D eigenvalue weighted by Gasteiger charge is -1.99. The van der Waals surface area contributed by atoms with Crippen LogP contribution in [-0.2, 0) is 7.05 Å². The fraction of sp³-hybridized carbons (Fsp3) is 0.125. The minimum Gasteiger partial charge on any atom is -0.477 e. The molecule has 0 fully saturated rings. The number of carboxylic acids is 1. The molecule has 0 aromatic carbocycles. The Morgan fingerprint density at radius 3 is 2.94 bits per heavy atom. The predicted molar refractivity (Wildman–Crippen MR) is 54.1 cm³/mol. The first-order chi connectivity index (χ1) is 7.66. The molecule has 1 N–H and O–H groups in total. The molecule has 0 aliphatic heterocycles. The number of rotatable bonds is 3. The van der Waals surface area contributed by atoms with E-state index in [0.717, 1.165) is 11.8 Å². The largest absolute Gasteiger partial charge is 0.477 e. The molecule has 0 amide bonds. The molecule has 0 aliphatic carbocycles. The Balaban J connectivity index is 2.25. The van der Waals surface area contributed by atoms with Gasteiger partial charge in [0, 0.05) is 13.2 Å². The third kappa shape index (κ3) is 2.16. The van der Waals surface area contributed by atoms with Crippen molar-refractivity contribution in [3.8, 4) is 0 Å². The number of hydrogen-bond acceptors (Lipinski definition) is 6. The van der Waals surface area contributed by atoms with Gasteiger partial charge in [-0.3, -0.25) is 0 Å². The first-order valence-corrected chi connectivity index (χ1v) is 5.06. The number of hydrogen-bond donors (Lipinski definition) is 1. The smallest absolute Gasteiger partial charge is 0.354 e. The molecular weight excluding hydrogens is 230 g/mol. The quantitative estimate of drug-likeness (QED) is 0.774. The normalized spacial score (nSPS) is 10.3. The Hall–Kier alpha value is -1.96. The third-order valence-corrected chi connectivity index (χ3v) is 2.64. The van der Waals surface area contributed by atoms with Crippen molar-refractivity contribution < 1.29 is 9.90 Å². The predicted octanol–water partition coefficient (Wildman–Crippen LogP) is 0.454. The van der Waals surface area contributed by atoms with Gasteiger partial charge < -0.3 is 5.11 Å². The Kier molecular flexibility index (Phi) is 2.82. The molecule has 16 heavy (non-hydrogen) atoms. The van der Waals surface area contributed by atoms with E-state index in [0.29, 0.717) is 10.3 Å². The average Bonchev–Trinajstić information content (AvgIpc) is 2.65. The van der Waals surface area contributed by atoms with E-state index >= 15 is 0 Å². The van der Waals surface area contributed by atoms with E-state index in [4.69, 9.17) is 5.11 Å². The zero-order valence-electron chi connectivity index (χ0n) is 8.23. The molecular formula is C8H7N5O2S. The average molecular weight is 237 g/mol. The summed E-state index contributed by atoms with van der Waals surface area (Å²) in [4.78, 5) is 22.5. The summed E-state index contributed by atoms with van der Waals surface area (Å²) in [6, 6.07) is 1.34. The first kappa shape index (κ1) is 10.6. The van der Waals surface area contributed by atoms with Crippen molar-refractivity contribution in [3.05, 3.63) is 24.3 Å². The minimum atomic E-state index is -1.08. The van der Waals surface area contributed by atoms with E-state index < -0.39 is 5.97 Å². The van der Waals surface area contributed by atoms with Gasteiger partial charge in [0.15, 0.2) is 16.0 Å². The van der Waals surface area contributed by atoms with Crippen LogP contribution in [0, 0.1) is 0 Å². The first-order valence-electron chi connectivity index (χ1n) is 4.25. The summed E-state index contributed by atoms with van der Waals surface area (Å²) in [6.07, 6.45) is 2.80. The molecule has 2 heterocycles. The Bertz CT molecular complexity index is 527. The second-order valence-electron chi connectivity index (χ2n) is 2.80. The second-order valence-corrected chi connectivity index (χ2v) is 3.73. The highest BCUT2D eigenvalue weighted by molar-refractivity contribution is 7.99. The van der Waals surface area contributed by atoms with Crippen LogP contribution < -0.4 is 0 Å². The van der Waals surface area contributed by atoms with Crippen LogP contribution in [0.3, 0.4) is 0 Å². The van der Waals surface area contributed by atoms with E-state index in [-0.39, 0.29) is 5.69 Å². The number of aryl methyl sites for hydroxylation is 1. The number of nitrogens with zero attached hydrogens (tertiary/aromatic N) is 5. The fourth-order valence-corrected chi connectivity index (χ4v) is 1.67. The second kappa shape index (κ2) is 4.27. The van der Waals surface area contributed by atoms with Gasteiger partial charge >= 0.3 is 5.97 Å². The van der Waals surface area contributed by atoms with E-state index in [1.165, 1.54) is 18.6 Å². The highest BCUT2D eigenvalue weighted by Gasteiger charge is 2.09. The van der Waals surface area contributed by atoms with Crippen molar-refractivity contribution in [1.82, 2.24) is 24.7 Å². The minimum absolute atomic E-state index is 0.0420. The molecule has 0 bridgehead atoms. The molecule has 0 saturated heterocycles. The fourth-order valence-electron chi connectivity index (χ4n) is 0.969. The number of carbonyl (C=O) groups is 1. The number of aromatic carboxylic acids is 1. The molecule has 0 radical (unpaired) electrons. The lowest BCUT2D eigenvalue weighted by Crippen LogP contribution is -2.02. The highest BCUT2D eigenvalue weighted by Crippen LogP contribution is 2.20. The lowest BCUT2D eigenvalue weighted by atomic mass is 10.4. The highest BCUT2D eigenvalue weighted by atomic mass is 32.2. The molecule has 2 rings (SSSR count). The van der Waals surface area contributed by atoms with Gasteiger partial charge in [0.25, 0.3) is 0 Å². The van der Waals surface area contributed by atoms with E-state index in [1.807, 2.05) is 0 Å². The molecule has 0 spiro atoms. The maximum absolute atomic E-state index is 10.7. The van der Waals surface area contributed by atoms with Crippen LogP contribution in [-0.4, -0.2) is 35.8 Å². The zero-order chi connectivity index (χ0) is 11.5. The van der Waals surface area contributed by atoms with Crippen LogP contribution in [0.5, 0.6) is 0 Å².